The number of aryl methyl sites for hydroxylation is 2. The van der Waals surface area contributed by atoms with Crippen molar-refractivity contribution in [1.82, 2.24) is 15.0 Å². The molecule has 0 bridgehead atoms. The largest absolute Gasteiger partial charge is 0.507 e. The van der Waals surface area contributed by atoms with Crippen molar-refractivity contribution in [1.29, 1.82) is 0 Å². The highest BCUT2D eigenvalue weighted by Gasteiger charge is 2.48. The van der Waals surface area contributed by atoms with E-state index in [9.17, 15) is 14.7 Å². The Morgan fingerprint density at radius 1 is 1.14 bits per heavy atom. The number of aromatic amines is 1. The van der Waals surface area contributed by atoms with E-state index >= 15 is 0 Å². The molecule has 8 nitrogen and oxygen atoms in total. The average Bonchev–Trinajstić information content (AvgIpc) is 3.38. The first-order chi connectivity index (χ1) is 16.9. The zero-order valence-corrected chi connectivity index (χ0v) is 19.6. The molecule has 1 atom stereocenters. The molecule has 3 heterocycles. The first-order valence-electron chi connectivity index (χ1n) is 11.3. The number of ketones is 1. The summed E-state index contributed by atoms with van der Waals surface area (Å²) in [5, 5.41) is 11.3. The summed E-state index contributed by atoms with van der Waals surface area (Å²) in [7, 11) is 0. The van der Waals surface area contributed by atoms with Crippen LogP contribution in [0.4, 0.5) is 5.95 Å². The molecule has 0 radical (unpaired) electrons. The average molecular weight is 469 g/mol. The van der Waals surface area contributed by atoms with Crippen molar-refractivity contribution < 1.29 is 19.4 Å². The number of benzene rings is 2. The number of aliphatic hydroxyl groups is 1. The summed E-state index contributed by atoms with van der Waals surface area (Å²) in [6, 6.07) is 13.4. The van der Waals surface area contributed by atoms with Crippen LogP contribution >= 0.6 is 0 Å². The van der Waals surface area contributed by atoms with Gasteiger partial charge in [-0.2, -0.15) is 0 Å². The predicted octanol–water partition coefficient (Wildman–Crippen LogP) is 4.60. The summed E-state index contributed by atoms with van der Waals surface area (Å²) in [4.78, 5) is 39.8. The number of nitrogens with one attached hydrogen (secondary N) is 1. The third kappa shape index (κ3) is 3.82. The highest BCUT2D eigenvalue weighted by molar-refractivity contribution is 6.51. The molecule has 2 aromatic heterocycles. The van der Waals surface area contributed by atoms with E-state index in [-0.39, 0.29) is 17.3 Å². The maximum atomic E-state index is 13.3. The molecule has 176 valence electrons. The molecule has 1 unspecified atom stereocenters. The number of carbonyl (C=O) groups is 2. The third-order valence-corrected chi connectivity index (χ3v) is 6.05. The summed E-state index contributed by atoms with van der Waals surface area (Å²) < 4.78 is 5.59. The first-order valence-corrected chi connectivity index (χ1v) is 11.3. The lowest BCUT2D eigenvalue weighted by molar-refractivity contribution is -0.132. The second kappa shape index (κ2) is 8.72. The number of carbonyl (C=O) groups excluding carboxylic acids is 2. The maximum absolute atomic E-state index is 13.3. The molecule has 35 heavy (non-hydrogen) atoms. The van der Waals surface area contributed by atoms with Gasteiger partial charge >= 0.3 is 5.91 Å². The molecule has 4 aromatic rings. The zero-order chi connectivity index (χ0) is 24.7. The van der Waals surface area contributed by atoms with E-state index < -0.39 is 17.7 Å². The summed E-state index contributed by atoms with van der Waals surface area (Å²) >= 11 is 0. The number of aromatic nitrogens is 3. The van der Waals surface area contributed by atoms with Crippen LogP contribution in [0.2, 0.25) is 0 Å². The molecule has 2 N–H and O–H groups in total. The minimum atomic E-state index is -0.905. The number of amides is 1. The number of aliphatic hydroxyl groups excluding tert-OH is 1. The number of nitrogens with zero attached hydrogens (tertiary/aromatic N) is 3. The number of hydrogen-bond donors (Lipinski definition) is 2. The van der Waals surface area contributed by atoms with Crippen molar-refractivity contribution in [2.24, 2.45) is 0 Å². The minimum absolute atomic E-state index is 0.0248. The zero-order valence-electron chi connectivity index (χ0n) is 19.6. The second-order valence-electron chi connectivity index (χ2n) is 8.45. The fourth-order valence-corrected chi connectivity index (χ4v) is 4.40. The van der Waals surface area contributed by atoms with Gasteiger partial charge in [0.1, 0.15) is 11.5 Å². The number of hydrogen-bond acceptors (Lipinski definition) is 6. The number of ether oxygens (including phenoxy) is 1. The van der Waals surface area contributed by atoms with Crippen molar-refractivity contribution in [3.63, 3.8) is 0 Å². The fourth-order valence-electron chi connectivity index (χ4n) is 4.40. The Kier molecular flexibility index (Phi) is 5.56. The summed E-state index contributed by atoms with van der Waals surface area (Å²) in [6.45, 7) is 6.22. The van der Waals surface area contributed by atoms with Crippen LogP contribution in [0, 0.1) is 13.8 Å². The van der Waals surface area contributed by atoms with Crippen LogP contribution in [-0.4, -0.2) is 38.4 Å². The maximum Gasteiger partial charge on any atom is 0.302 e. The molecule has 1 aliphatic rings. The number of pyridine rings is 1. The molecule has 1 fully saturated rings. The number of Topliss-reactive ketones (excluding diaryl/α,β-unsaturated/α-hetero) is 1. The van der Waals surface area contributed by atoms with E-state index in [4.69, 9.17) is 4.74 Å². The minimum Gasteiger partial charge on any atom is -0.507 e. The van der Waals surface area contributed by atoms with Gasteiger partial charge in [-0.1, -0.05) is 12.1 Å². The topological polar surface area (TPSA) is 108 Å². The van der Waals surface area contributed by atoms with Crippen molar-refractivity contribution in [2.45, 2.75) is 26.8 Å². The van der Waals surface area contributed by atoms with Gasteiger partial charge in [0.05, 0.1) is 29.3 Å². The van der Waals surface area contributed by atoms with Crippen molar-refractivity contribution in [2.75, 3.05) is 11.5 Å². The molecule has 1 amide bonds. The van der Waals surface area contributed by atoms with E-state index in [1.54, 1.807) is 42.7 Å². The van der Waals surface area contributed by atoms with Crippen LogP contribution in [0.15, 0.2) is 66.5 Å². The highest BCUT2D eigenvalue weighted by atomic mass is 16.5. The smallest absolute Gasteiger partial charge is 0.302 e. The van der Waals surface area contributed by atoms with E-state index in [0.717, 1.165) is 16.6 Å². The van der Waals surface area contributed by atoms with Crippen LogP contribution < -0.4 is 9.64 Å². The third-order valence-electron chi connectivity index (χ3n) is 6.05. The fraction of sp³-hybridized carbons (Fsp3) is 0.185. The molecule has 1 saturated heterocycles. The Morgan fingerprint density at radius 2 is 1.97 bits per heavy atom. The lowest BCUT2D eigenvalue weighted by atomic mass is 9.96. The lowest BCUT2D eigenvalue weighted by Gasteiger charge is -2.22. The van der Waals surface area contributed by atoms with Crippen LogP contribution in [0.25, 0.3) is 16.8 Å². The van der Waals surface area contributed by atoms with E-state index in [1.807, 2.05) is 39.0 Å². The molecule has 8 heteroatoms. The van der Waals surface area contributed by atoms with Gasteiger partial charge in [-0.15, -0.1) is 0 Å². The van der Waals surface area contributed by atoms with Crippen molar-refractivity contribution in [3.8, 4) is 5.75 Å². The lowest BCUT2D eigenvalue weighted by Crippen LogP contribution is -2.30. The molecule has 1 aliphatic heterocycles. The van der Waals surface area contributed by atoms with E-state index in [1.165, 1.54) is 4.90 Å². The van der Waals surface area contributed by atoms with Gasteiger partial charge in [0.15, 0.2) is 0 Å². The monoisotopic (exact) mass is 468 g/mol. The second-order valence-corrected chi connectivity index (χ2v) is 8.45. The first kappa shape index (κ1) is 22.3. The molecule has 0 spiro atoms. The number of rotatable bonds is 5. The van der Waals surface area contributed by atoms with Crippen LogP contribution in [0.5, 0.6) is 5.75 Å². The SMILES string of the molecule is CCOc1ccc(/C(O)=C2\C(=O)C(=O)N(c3nc4ccc(C)cc4[nH]3)C2c2cccnc2)cc1C. The Hall–Kier alpha value is -4.46. The number of imidazole rings is 1. The quantitative estimate of drug-likeness (QED) is 0.252. The van der Waals surface area contributed by atoms with Gasteiger partial charge < -0.3 is 14.8 Å². The van der Waals surface area contributed by atoms with Crippen LogP contribution in [0.3, 0.4) is 0 Å². The predicted molar refractivity (Wildman–Crippen MR) is 132 cm³/mol. The highest BCUT2D eigenvalue weighted by Crippen LogP contribution is 2.41. The normalized spacial score (nSPS) is 17.3. The molecule has 5 rings (SSSR count). The molecule has 0 aliphatic carbocycles. The van der Waals surface area contributed by atoms with Gasteiger partial charge in [0, 0.05) is 18.0 Å². The van der Waals surface area contributed by atoms with E-state index in [0.29, 0.717) is 29.0 Å². The molecule has 2 aromatic carbocycles. The van der Waals surface area contributed by atoms with Gasteiger partial charge in [0.25, 0.3) is 5.78 Å². The number of anilines is 1. The Labute approximate surface area is 201 Å². The Bertz CT molecular complexity index is 1490. The molecular formula is C27H24N4O4. The Balaban J connectivity index is 1.69. The van der Waals surface area contributed by atoms with Crippen LogP contribution in [0.1, 0.15) is 35.2 Å². The van der Waals surface area contributed by atoms with Gasteiger partial charge in [0.2, 0.25) is 5.95 Å². The number of H-pyrrole nitrogens is 1. The summed E-state index contributed by atoms with van der Waals surface area (Å²) in [5.41, 5.74) is 4.21. The van der Waals surface area contributed by atoms with Gasteiger partial charge in [-0.3, -0.25) is 19.5 Å². The van der Waals surface area contributed by atoms with Crippen molar-refractivity contribution in [3.05, 3.63) is 88.8 Å². The van der Waals surface area contributed by atoms with Crippen LogP contribution in [-0.2, 0) is 9.59 Å². The van der Waals surface area contributed by atoms with Gasteiger partial charge in [-0.25, -0.2) is 4.98 Å². The van der Waals surface area contributed by atoms with Gasteiger partial charge in [-0.05, 0) is 73.9 Å². The van der Waals surface area contributed by atoms with Crippen molar-refractivity contribution >= 4 is 34.4 Å². The molecular weight excluding hydrogens is 444 g/mol. The standard InChI is InChI=1S/C27H24N4O4/c1-4-35-21-10-8-17(13-16(21)3)24(32)22-23(18-6-5-11-28-14-18)31(26(34)25(22)33)27-29-19-9-7-15(2)12-20(19)30-27/h5-14,23,32H,4H2,1-3H3,(H,29,30)/b24-22+. The van der Waals surface area contributed by atoms with E-state index in [2.05, 4.69) is 15.0 Å². The number of fused-ring (bicyclic) bond motifs is 1. The summed E-state index contributed by atoms with van der Waals surface area (Å²) in [5.74, 6) is -0.925. The summed E-state index contributed by atoms with van der Waals surface area (Å²) in [6.07, 6.45) is 3.18. The Morgan fingerprint density at radius 3 is 2.69 bits per heavy atom. The molecule has 0 saturated carbocycles.